The highest BCUT2D eigenvalue weighted by molar-refractivity contribution is 9.10. The van der Waals surface area contributed by atoms with Crippen molar-refractivity contribution in [2.75, 3.05) is 0 Å². The molecule has 1 heterocycles. The summed E-state index contributed by atoms with van der Waals surface area (Å²) in [6.45, 7) is 4.57. The molecule has 0 aliphatic heterocycles. The Morgan fingerprint density at radius 3 is 2.60 bits per heavy atom. The first-order chi connectivity index (χ1) is 12.1. The van der Waals surface area contributed by atoms with Crippen molar-refractivity contribution >= 4 is 15.9 Å². The predicted octanol–water partition coefficient (Wildman–Crippen LogP) is 4.89. The molecule has 0 spiro atoms. The van der Waals surface area contributed by atoms with Crippen LogP contribution in [0.25, 0.3) is 0 Å². The first-order valence-electron chi connectivity index (χ1n) is 8.24. The lowest BCUT2D eigenvalue weighted by molar-refractivity contribution is 0.203. The van der Waals surface area contributed by atoms with E-state index in [9.17, 15) is 5.11 Å². The van der Waals surface area contributed by atoms with Crippen molar-refractivity contribution in [3.63, 3.8) is 0 Å². The van der Waals surface area contributed by atoms with Crippen LogP contribution in [-0.2, 0) is 6.61 Å². The average molecular weight is 401 g/mol. The molecule has 0 aliphatic rings. The molecule has 0 fully saturated rings. The Labute approximate surface area is 156 Å². The van der Waals surface area contributed by atoms with Crippen molar-refractivity contribution in [1.29, 1.82) is 0 Å². The standard InChI is InChI=1S/C20H21BrN2O2/c1-14(2)23-19(18(21)12-22-23)20(24)16-9-6-10-17(11-16)25-13-15-7-4-3-5-8-15/h3-12,14,20,24H,13H2,1-2H3. The van der Waals surface area contributed by atoms with Crippen molar-refractivity contribution in [3.8, 4) is 5.75 Å². The highest BCUT2D eigenvalue weighted by atomic mass is 79.9. The second-order valence-corrected chi connectivity index (χ2v) is 7.02. The van der Waals surface area contributed by atoms with Gasteiger partial charge in [-0.3, -0.25) is 4.68 Å². The van der Waals surface area contributed by atoms with Gasteiger partial charge in [0.15, 0.2) is 0 Å². The van der Waals surface area contributed by atoms with Gasteiger partial charge < -0.3 is 9.84 Å². The summed E-state index contributed by atoms with van der Waals surface area (Å²) in [5.41, 5.74) is 2.62. The fourth-order valence-corrected chi connectivity index (χ4v) is 3.18. The molecule has 3 rings (SSSR count). The molecule has 4 nitrogen and oxygen atoms in total. The molecular weight excluding hydrogens is 380 g/mol. The third-order valence-electron chi connectivity index (χ3n) is 3.96. The second kappa shape index (κ2) is 7.85. The number of hydrogen-bond donors (Lipinski definition) is 1. The van der Waals surface area contributed by atoms with Crippen molar-refractivity contribution < 1.29 is 9.84 Å². The fourth-order valence-electron chi connectivity index (χ4n) is 2.69. The van der Waals surface area contributed by atoms with E-state index in [1.807, 2.05) is 73.1 Å². The number of aliphatic hydroxyl groups excluding tert-OH is 1. The maximum Gasteiger partial charge on any atom is 0.122 e. The van der Waals surface area contributed by atoms with Crippen LogP contribution in [0.1, 0.15) is 42.8 Å². The maximum absolute atomic E-state index is 10.9. The molecule has 25 heavy (non-hydrogen) atoms. The number of hydrogen-bond acceptors (Lipinski definition) is 3. The summed E-state index contributed by atoms with van der Waals surface area (Å²) in [7, 11) is 0. The second-order valence-electron chi connectivity index (χ2n) is 6.17. The van der Waals surface area contributed by atoms with Crippen LogP contribution in [0, 0.1) is 0 Å². The van der Waals surface area contributed by atoms with Gasteiger partial charge in [0.1, 0.15) is 18.5 Å². The van der Waals surface area contributed by atoms with Gasteiger partial charge in [0.25, 0.3) is 0 Å². The Morgan fingerprint density at radius 2 is 1.88 bits per heavy atom. The molecule has 3 aromatic rings. The van der Waals surface area contributed by atoms with Gasteiger partial charge in [-0.25, -0.2) is 0 Å². The van der Waals surface area contributed by atoms with Gasteiger partial charge in [-0.1, -0.05) is 42.5 Å². The fraction of sp³-hybridized carbons (Fsp3) is 0.250. The van der Waals surface area contributed by atoms with Crippen molar-refractivity contribution in [1.82, 2.24) is 9.78 Å². The molecule has 1 atom stereocenters. The van der Waals surface area contributed by atoms with E-state index in [4.69, 9.17) is 4.74 Å². The summed E-state index contributed by atoms with van der Waals surface area (Å²) in [6, 6.07) is 17.7. The van der Waals surface area contributed by atoms with Crippen LogP contribution in [0.5, 0.6) is 5.75 Å². The topological polar surface area (TPSA) is 47.3 Å². The average Bonchev–Trinajstić information content (AvgIpc) is 3.02. The first-order valence-corrected chi connectivity index (χ1v) is 9.03. The van der Waals surface area contributed by atoms with E-state index in [2.05, 4.69) is 21.0 Å². The van der Waals surface area contributed by atoms with E-state index in [0.717, 1.165) is 27.0 Å². The molecule has 0 amide bonds. The van der Waals surface area contributed by atoms with E-state index >= 15 is 0 Å². The van der Waals surface area contributed by atoms with Gasteiger partial charge in [0.2, 0.25) is 0 Å². The lowest BCUT2D eigenvalue weighted by Gasteiger charge is -2.17. The van der Waals surface area contributed by atoms with Gasteiger partial charge in [-0.15, -0.1) is 0 Å². The number of aliphatic hydroxyl groups is 1. The molecule has 130 valence electrons. The first kappa shape index (κ1) is 17.7. The molecule has 0 bridgehead atoms. The summed E-state index contributed by atoms with van der Waals surface area (Å²) in [6.07, 6.45) is 0.938. The molecule has 2 aromatic carbocycles. The highest BCUT2D eigenvalue weighted by Crippen LogP contribution is 2.31. The number of rotatable bonds is 6. The molecule has 1 unspecified atom stereocenters. The quantitative estimate of drug-likeness (QED) is 0.640. The molecule has 0 saturated heterocycles. The van der Waals surface area contributed by atoms with Gasteiger partial charge in [-0.2, -0.15) is 5.10 Å². The summed E-state index contributed by atoms with van der Waals surface area (Å²) in [5, 5.41) is 15.2. The summed E-state index contributed by atoms with van der Waals surface area (Å²) < 4.78 is 8.48. The Bertz CT molecular complexity index is 831. The highest BCUT2D eigenvalue weighted by Gasteiger charge is 2.21. The zero-order valence-corrected chi connectivity index (χ0v) is 15.8. The lowest BCUT2D eigenvalue weighted by Crippen LogP contribution is -2.12. The normalized spacial score (nSPS) is 12.4. The monoisotopic (exact) mass is 400 g/mol. The van der Waals surface area contributed by atoms with Gasteiger partial charge in [-0.05, 0) is 53.0 Å². The Morgan fingerprint density at radius 1 is 1.12 bits per heavy atom. The minimum Gasteiger partial charge on any atom is -0.489 e. The van der Waals surface area contributed by atoms with Crippen LogP contribution < -0.4 is 4.74 Å². The molecule has 0 saturated carbocycles. The number of aromatic nitrogens is 2. The van der Waals surface area contributed by atoms with Crippen LogP contribution in [-0.4, -0.2) is 14.9 Å². The molecule has 0 aliphatic carbocycles. The van der Waals surface area contributed by atoms with E-state index in [1.165, 1.54) is 0 Å². The number of ether oxygens (including phenoxy) is 1. The predicted molar refractivity (Wildman–Crippen MR) is 102 cm³/mol. The van der Waals surface area contributed by atoms with Crippen LogP contribution in [0.4, 0.5) is 0 Å². The third-order valence-corrected chi connectivity index (χ3v) is 4.57. The summed E-state index contributed by atoms with van der Waals surface area (Å²) in [5.74, 6) is 0.729. The van der Waals surface area contributed by atoms with Gasteiger partial charge >= 0.3 is 0 Å². The van der Waals surface area contributed by atoms with E-state index in [-0.39, 0.29) is 6.04 Å². The maximum atomic E-state index is 10.9. The number of nitrogens with zero attached hydrogens (tertiary/aromatic N) is 2. The Kier molecular flexibility index (Phi) is 5.56. The van der Waals surface area contributed by atoms with E-state index < -0.39 is 6.10 Å². The smallest absolute Gasteiger partial charge is 0.122 e. The molecule has 1 N–H and O–H groups in total. The number of halogens is 1. The van der Waals surface area contributed by atoms with Crippen LogP contribution >= 0.6 is 15.9 Å². The van der Waals surface area contributed by atoms with E-state index in [0.29, 0.717) is 6.61 Å². The van der Waals surface area contributed by atoms with E-state index in [1.54, 1.807) is 6.20 Å². The van der Waals surface area contributed by atoms with Crippen molar-refractivity contribution in [2.24, 2.45) is 0 Å². The summed E-state index contributed by atoms with van der Waals surface area (Å²) >= 11 is 3.49. The molecular formula is C20H21BrN2O2. The SMILES string of the molecule is CC(C)n1ncc(Br)c1C(O)c1cccc(OCc2ccccc2)c1. The zero-order chi connectivity index (χ0) is 17.8. The largest absolute Gasteiger partial charge is 0.489 e. The van der Waals surface area contributed by atoms with Crippen LogP contribution in [0.3, 0.4) is 0 Å². The summed E-state index contributed by atoms with van der Waals surface area (Å²) in [4.78, 5) is 0. The van der Waals surface area contributed by atoms with Gasteiger partial charge in [0.05, 0.1) is 16.4 Å². The molecule has 5 heteroatoms. The van der Waals surface area contributed by atoms with Crippen LogP contribution in [0.15, 0.2) is 65.3 Å². The van der Waals surface area contributed by atoms with Crippen LogP contribution in [0.2, 0.25) is 0 Å². The third kappa shape index (κ3) is 4.11. The Balaban J connectivity index is 1.80. The lowest BCUT2D eigenvalue weighted by atomic mass is 10.1. The minimum absolute atomic E-state index is 0.161. The van der Waals surface area contributed by atoms with Crippen molar-refractivity contribution in [3.05, 3.63) is 82.1 Å². The van der Waals surface area contributed by atoms with Crippen molar-refractivity contribution in [2.45, 2.75) is 32.6 Å². The van der Waals surface area contributed by atoms with Gasteiger partial charge in [0, 0.05) is 6.04 Å². The molecule has 1 aromatic heterocycles. The zero-order valence-electron chi connectivity index (χ0n) is 14.3. The Hall–Kier alpha value is -2.11. The minimum atomic E-state index is -0.778. The number of benzene rings is 2. The molecule has 0 radical (unpaired) electrons.